The third-order valence-corrected chi connectivity index (χ3v) is 2.36. The molecular formula is C10H15N3O4. The number of nitrogens with zero attached hydrogens (tertiary/aromatic N) is 2. The molecule has 1 heterocycles. The fourth-order valence-corrected chi connectivity index (χ4v) is 1.66. The molecule has 0 fully saturated rings. The van der Waals surface area contributed by atoms with E-state index in [2.05, 4.69) is 14.7 Å². The minimum absolute atomic E-state index is 0.380. The van der Waals surface area contributed by atoms with Gasteiger partial charge in [-0.3, -0.25) is 9.69 Å². The van der Waals surface area contributed by atoms with Crippen molar-refractivity contribution in [3.8, 4) is 0 Å². The van der Waals surface area contributed by atoms with Gasteiger partial charge in [0.25, 0.3) is 0 Å². The van der Waals surface area contributed by atoms with Crippen molar-refractivity contribution in [2.24, 2.45) is 10.9 Å². The van der Waals surface area contributed by atoms with Crippen molar-refractivity contribution in [3.05, 3.63) is 11.6 Å². The van der Waals surface area contributed by atoms with E-state index in [-0.39, 0.29) is 0 Å². The second-order valence-corrected chi connectivity index (χ2v) is 3.38. The van der Waals surface area contributed by atoms with E-state index in [1.165, 1.54) is 25.3 Å². The van der Waals surface area contributed by atoms with Crippen LogP contribution in [0.25, 0.3) is 0 Å². The van der Waals surface area contributed by atoms with Crippen molar-refractivity contribution in [2.75, 3.05) is 20.8 Å². The first-order valence-corrected chi connectivity index (χ1v) is 5.02. The molecule has 1 aliphatic heterocycles. The Bertz CT molecular complexity index is 365. The molecule has 0 aromatic heterocycles. The highest BCUT2D eigenvalue weighted by Gasteiger charge is 2.33. The van der Waals surface area contributed by atoms with Crippen LogP contribution in [0.3, 0.4) is 0 Å². The number of hydrogen-bond acceptors (Lipinski definition) is 5. The molecule has 0 bridgehead atoms. The molecule has 2 N–H and O–H groups in total. The van der Waals surface area contributed by atoms with Crippen LogP contribution >= 0.6 is 0 Å². The summed E-state index contributed by atoms with van der Waals surface area (Å²) < 4.78 is 4.60. The van der Waals surface area contributed by atoms with Gasteiger partial charge in [0.2, 0.25) is 5.91 Å². The Morgan fingerprint density at radius 3 is 2.82 bits per heavy atom. The van der Waals surface area contributed by atoms with E-state index < -0.39 is 18.0 Å². The largest absolute Gasteiger partial charge is 0.453 e. The van der Waals surface area contributed by atoms with Crippen molar-refractivity contribution < 1.29 is 19.2 Å². The second kappa shape index (κ2) is 5.88. The lowest BCUT2D eigenvalue weighted by Gasteiger charge is -2.31. The van der Waals surface area contributed by atoms with E-state index >= 15 is 0 Å². The molecule has 7 heteroatoms. The van der Waals surface area contributed by atoms with Gasteiger partial charge in [0, 0.05) is 12.1 Å². The van der Waals surface area contributed by atoms with Crippen LogP contribution in [-0.2, 0) is 14.4 Å². The Labute approximate surface area is 98.8 Å². The molecule has 7 nitrogen and oxygen atoms in total. The first kappa shape index (κ1) is 13.0. The SMILES string of the molecule is CON=CC1=CCCN(C(=O)OC)C1C(N)=O. The lowest BCUT2D eigenvalue weighted by atomic mass is 10.0. The highest BCUT2D eigenvalue weighted by molar-refractivity contribution is 5.96. The molecule has 1 unspecified atom stereocenters. The van der Waals surface area contributed by atoms with E-state index in [4.69, 9.17) is 5.73 Å². The van der Waals surface area contributed by atoms with Gasteiger partial charge in [0.15, 0.2) is 0 Å². The predicted molar refractivity (Wildman–Crippen MR) is 60.3 cm³/mol. The molecule has 0 aliphatic carbocycles. The zero-order valence-corrected chi connectivity index (χ0v) is 9.75. The van der Waals surface area contributed by atoms with E-state index in [0.717, 1.165) is 0 Å². The molecule has 1 rings (SSSR count). The minimum atomic E-state index is -0.866. The third kappa shape index (κ3) is 2.96. The van der Waals surface area contributed by atoms with Gasteiger partial charge in [0.05, 0.1) is 13.3 Å². The number of hydrogen-bond donors (Lipinski definition) is 1. The Morgan fingerprint density at radius 1 is 1.59 bits per heavy atom. The highest BCUT2D eigenvalue weighted by Crippen LogP contribution is 2.17. The van der Waals surface area contributed by atoms with Gasteiger partial charge in [-0.1, -0.05) is 11.2 Å². The van der Waals surface area contributed by atoms with Crippen molar-refractivity contribution in [1.29, 1.82) is 0 Å². The molecule has 0 radical (unpaired) electrons. The van der Waals surface area contributed by atoms with Crippen molar-refractivity contribution in [3.63, 3.8) is 0 Å². The Hall–Kier alpha value is -2.05. The summed E-state index contributed by atoms with van der Waals surface area (Å²) in [5.41, 5.74) is 5.80. The molecule has 0 saturated heterocycles. The lowest BCUT2D eigenvalue weighted by Crippen LogP contribution is -2.51. The van der Waals surface area contributed by atoms with E-state index in [1.54, 1.807) is 6.08 Å². The number of oxime groups is 1. The topological polar surface area (TPSA) is 94.2 Å². The Kier molecular flexibility index (Phi) is 4.50. The van der Waals surface area contributed by atoms with E-state index in [9.17, 15) is 9.59 Å². The molecule has 0 spiro atoms. The summed E-state index contributed by atoms with van der Waals surface area (Å²) in [6, 6.07) is -0.866. The standard InChI is InChI=1S/C10H15N3O4/c1-16-10(15)13-5-3-4-7(6-12-17-2)8(13)9(11)14/h4,6,8H,3,5H2,1-2H3,(H2,11,14). The third-order valence-electron chi connectivity index (χ3n) is 2.36. The first-order chi connectivity index (χ1) is 8.11. The number of nitrogens with two attached hydrogens (primary N) is 1. The van der Waals surface area contributed by atoms with Crippen molar-refractivity contribution in [2.45, 2.75) is 12.5 Å². The number of primary amides is 1. The average Bonchev–Trinajstić information content (AvgIpc) is 2.34. The summed E-state index contributed by atoms with van der Waals surface area (Å²) in [7, 11) is 2.64. The average molecular weight is 241 g/mol. The fourth-order valence-electron chi connectivity index (χ4n) is 1.66. The van der Waals surface area contributed by atoms with Crippen LogP contribution in [0.15, 0.2) is 16.8 Å². The van der Waals surface area contributed by atoms with Gasteiger partial charge in [-0.25, -0.2) is 4.79 Å². The maximum atomic E-state index is 11.5. The Balaban J connectivity index is 2.98. The molecule has 17 heavy (non-hydrogen) atoms. The molecule has 0 aromatic carbocycles. The van der Waals surface area contributed by atoms with Crippen LogP contribution in [0.4, 0.5) is 4.79 Å². The number of rotatable bonds is 3. The first-order valence-electron chi connectivity index (χ1n) is 5.02. The van der Waals surface area contributed by atoms with Crippen molar-refractivity contribution in [1.82, 2.24) is 4.90 Å². The molecule has 1 atom stereocenters. The summed E-state index contributed by atoms with van der Waals surface area (Å²) in [6.45, 7) is 0.380. The van der Waals surface area contributed by atoms with Crippen LogP contribution < -0.4 is 5.73 Å². The molecular weight excluding hydrogens is 226 g/mol. The molecule has 1 aliphatic rings. The monoisotopic (exact) mass is 241 g/mol. The van der Waals surface area contributed by atoms with Gasteiger partial charge in [-0.05, 0) is 6.42 Å². The number of amides is 2. The maximum absolute atomic E-state index is 11.5. The molecule has 2 amide bonds. The highest BCUT2D eigenvalue weighted by atomic mass is 16.6. The lowest BCUT2D eigenvalue weighted by molar-refractivity contribution is -0.121. The summed E-state index contributed by atoms with van der Waals surface area (Å²) in [5, 5.41) is 3.57. The molecule has 0 aromatic rings. The number of carbonyl (C=O) groups excluding carboxylic acids is 2. The smallest absolute Gasteiger partial charge is 0.410 e. The van der Waals surface area contributed by atoms with Gasteiger partial charge >= 0.3 is 6.09 Å². The fraction of sp³-hybridized carbons (Fsp3) is 0.500. The summed E-state index contributed by atoms with van der Waals surface area (Å²) in [4.78, 5) is 28.7. The zero-order chi connectivity index (χ0) is 12.8. The predicted octanol–water partition coefficient (Wildman–Crippen LogP) is -0.129. The molecule has 0 saturated carbocycles. The van der Waals surface area contributed by atoms with Crippen LogP contribution in [0.2, 0.25) is 0 Å². The van der Waals surface area contributed by atoms with Crippen LogP contribution in [0.5, 0.6) is 0 Å². The molecule has 94 valence electrons. The zero-order valence-electron chi connectivity index (χ0n) is 9.75. The van der Waals surface area contributed by atoms with E-state index in [0.29, 0.717) is 18.5 Å². The maximum Gasteiger partial charge on any atom is 0.410 e. The number of methoxy groups -OCH3 is 1. The summed E-state index contributed by atoms with van der Waals surface area (Å²) in [5.74, 6) is -0.635. The van der Waals surface area contributed by atoms with Crippen LogP contribution in [0.1, 0.15) is 6.42 Å². The Morgan fingerprint density at radius 2 is 2.29 bits per heavy atom. The van der Waals surface area contributed by atoms with E-state index in [1.807, 2.05) is 0 Å². The van der Waals surface area contributed by atoms with Crippen LogP contribution in [-0.4, -0.2) is 49.9 Å². The quantitative estimate of drug-likeness (QED) is 0.550. The summed E-state index contributed by atoms with van der Waals surface area (Å²) in [6.07, 6.45) is 3.16. The van der Waals surface area contributed by atoms with Gasteiger partial charge < -0.3 is 15.3 Å². The van der Waals surface area contributed by atoms with Gasteiger partial charge in [0.1, 0.15) is 13.2 Å². The number of carbonyl (C=O) groups is 2. The minimum Gasteiger partial charge on any atom is -0.453 e. The van der Waals surface area contributed by atoms with Gasteiger partial charge in [-0.2, -0.15) is 0 Å². The van der Waals surface area contributed by atoms with Crippen molar-refractivity contribution >= 4 is 18.2 Å². The van der Waals surface area contributed by atoms with Crippen LogP contribution in [0, 0.1) is 0 Å². The normalized spacial score (nSPS) is 20.0. The number of ether oxygens (including phenoxy) is 1. The second-order valence-electron chi connectivity index (χ2n) is 3.38. The van der Waals surface area contributed by atoms with Gasteiger partial charge in [-0.15, -0.1) is 0 Å². The summed E-state index contributed by atoms with van der Waals surface area (Å²) >= 11 is 0.